The summed E-state index contributed by atoms with van der Waals surface area (Å²) in [6, 6.07) is 2.69. The Hall–Kier alpha value is -5.22. The summed E-state index contributed by atoms with van der Waals surface area (Å²) in [5.74, 6) is -12.1. The molecular formula is C43H64F3N12O23P3S. The summed E-state index contributed by atoms with van der Waals surface area (Å²) < 4.78 is 104. The van der Waals surface area contributed by atoms with Crippen LogP contribution >= 0.6 is 35.2 Å². The Kier molecular flexibility index (Phi) is 24.2. The molecule has 2 aliphatic heterocycles. The van der Waals surface area contributed by atoms with Gasteiger partial charge >= 0.3 is 35.6 Å². The normalized spacial score (nSPS) is 23.0. The number of nitrogens with one attached hydrogen (secondary N) is 5. The van der Waals surface area contributed by atoms with Crippen LogP contribution in [-0.2, 0) is 60.3 Å². The van der Waals surface area contributed by atoms with Crippen molar-refractivity contribution in [1.82, 2.24) is 46.1 Å². The summed E-state index contributed by atoms with van der Waals surface area (Å²) in [4.78, 5) is 127. The van der Waals surface area contributed by atoms with Gasteiger partial charge in [-0.05, 0) is 37.0 Å². The Morgan fingerprint density at radius 3 is 2.22 bits per heavy atom. The fourth-order valence-corrected chi connectivity index (χ4v) is 12.1. The van der Waals surface area contributed by atoms with Crippen molar-refractivity contribution >= 4 is 86.9 Å². The van der Waals surface area contributed by atoms with Crippen LogP contribution in [0.15, 0.2) is 36.9 Å². The van der Waals surface area contributed by atoms with Gasteiger partial charge in [-0.25, -0.2) is 28.6 Å². The number of alkyl halides is 3. The second-order valence-electron chi connectivity index (χ2n) is 19.8. The second-order valence-corrected chi connectivity index (χ2v) is 25.1. The zero-order chi connectivity index (χ0) is 63.6. The number of amides is 4. The van der Waals surface area contributed by atoms with Crippen LogP contribution in [0.4, 0.5) is 19.0 Å². The van der Waals surface area contributed by atoms with Crippen molar-refractivity contribution < 1.29 is 123 Å². The summed E-state index contributed by atoms with van der Waals surface area (Å²) in [5, 5.41) is 62.9. The number of hydrogen-bond donors (Lipinski definition) is 17. The molecule has 4 heterocycles. The van der Waals surface area contributed by atoms with E-state index >= 15 is 0 Å². The molecule has 12 atom stereocenters. The van der Waals surface area contributed by atoms with Gasteiger partial charge in [0, 0.05) is 48.6 Å². The molecule has 2 aliphatic rings. The molecule has 20 N–H and O–H groups in total. The number of thioether (sulfide) groups is 1. The van der Waals surface area contributed by atoms with Gasteiger partial charge in [0.2, 0.25) is 22.8 Å². The van der Waals surface area contributed by atoms with Gasteiger partial charge in [-0.1, -0.05) is 44.2 Å². The lowest BCUT2D eigenvalue weighted by atomic mass is 9.83. The van der Waals surface area contributed by atoms with Gasteiger partial charge in [0.05, 0.1) is 37.7 Å². The number of fused-ring (bicyclic) bond motifs is 1. The minimum Gasteiger partial charge on any atom is -0.481 e. The number of aliphatic carboxylic acids is 1. The van der Waals surface area contributed by atoms with E-state index in [9.17, 15) is 101 Å². The van der Waals surface area contributed by atoms with Crippen LogP contribution in [0.5, 0.6) is 0 Å². The number of phosphoric ester groups is 3. The highest BCUT2D eigenvalue weighted by molar-refractivity contribution is 8.13. The molecule has 5 rings (SSSR count). The summed E-state index contributed by atoms with van der Waals surface area (Å²) in [7, 11) is -16.7. The monoisotopic (exact) mass is 1300 g/mol. The van der Waals surface area contributed by atoms with Crippen LogP contribution in [0, 0.1) is 11.3 Å². The zero-order valence-corrected chi connectivity index (χ0v) is 48.2. The molecule has 0 bridgehead atoms. The first-order chi connectivity index (χ1) is 39.3. The molecule has 0 radical (unpaired) electrons. The van der Waals surface area contributed by atoms with Crippen LogP contribution in [0.2, 0.25) is 0 Å². The topological polar surface area (TPSA) is 564 Å². The van der Waals surface area contributed by atoms with Crippen molar-refractivity contribution in [2.75, 3.05) is 37.8 Å². The molecule has 0 aliphatic carbocycles. The number of carboxylic acids is 1. The van der Waals surface area contributed by atoms with Gasteiger partial charge in [-0.2, -0.15) is 17.5 Å². The fraction of sp³-hybridized carbons (Fsp3) is 0.605. The van der Waals surface area contributed by atoms with E-state index in [0.717, 1.165) is 55.3 Å². The molecule has 35 nitrogen and oxygen atoms in total. The summed E-state index contributed by atoms with van der Waals surface area (Å²) >= 11 is 0.584. The highest BCUT2D eigenvalue weighted by Gasteiger charge is 2.58. The number of aliphatic hydroxyl groups is 4. The van der Waals surface area contributed by atoms with E-state index in [1.54, 1.807) is 0 Å². The van der Waals surface area contributed by atoms with Crippen LogP contribution < -0.4 is 43.8 Å². The number of aromatic nitrogens is 4. The Morgan fingerprint density at radius 2 is 1.60 bits per heavy atom. The molecule has 42 heteroatoms. The minimum absolute atomic E-state index is 0.0172. The number of carbonyl (C=O) groups is 6. The van der Waals surface area contributed by atoms with E-state index in [2.05, 4.69) is 50.4 Å². The number of phosphoric acid groups is 3. The average molecular weight is 1300 g/mol. The third-order valence-electron chi connectivity index (χ3n) is 12.9. The van der Waals surface area contributed by atoms with Crippen LogP contribution in [0.3, 0.4) is 0 Å². The van der Waals surface area contributed by atoms with E-state index in [-0.39, 0.29) is 53.2 Å². The smallest absolute Gasteiger partial charge is 0.481 e. The zero-order valence-electron chi connectivity index (χ0n) is 44.7. The lowest BCUT2D eigenvalue weighted by molar-refractivity contribution is -0.359. The summed E-state index contributed by atoms with van der Waals surface area (Å²) in [6.07, 6.45) is -16.9. The third kappa shape index (κ3) is 19.9. The van der Waals surface area contributed by atoms with Gasteiger partial charge < -0.3 is 82.6 Å². The first-order valence-electron chi connectivity index (χ1n) is 25.1. The van der Waals surface area contributed by atoms with Gasteiger partial charge in [0.25, 0.3) is 11.7 Å². The van der Waals surface area contributed by atoms with Crippen LogP contribution in [-0.4, -0.2) is 186 Å². The van der Waals surface area contributed by atoms with E-state index in [1.165, 1.54) is 0 Å². The van der Waals surface area contributed by atoms with Crippen molar-refractivity contribution in [3.63, 3.8) is 0 Å². The predicted molar refractivity (Wildman–Crippen MR) is 282 cm³/mol. The number of nitrogens with zero attached hydrogens (tertiary/aromatic N) is 4. The number of aliphatic hydroxyl groups excluding tert-OH is 2. The molecule has 2 fully saturated rings. The molecule has 3 aromatic rings. The number of rotatable bonds is 31. The maximum absolute atomic E-state index is 13.9. The van der Waals surface area contributed by atoms with Gasteiger partial charge in [-0.3, -0.25) is 58.0 Å². The molecule has 4 amide bonds. The standard InChI is InChI=1S/C43H64F3N12O23P3S/c1-41(2,17-78-84(75,76)81-83(73,74)77-16-25-30(80-82(70,71)72)29(62)38(79-25)58-19-54-28-33(48)52-18-53-34(28)58)31(63)37(66)51-13-12-26(59)50-14-15-85-39(67)24(10-11-27(60)61)55-35(64)21-8-6-20(7-9-21)23(42(68,69)43(44,45)46)5-3-4-22-32(47)56-40(49)57-36(22)65/h6-9,18-19,22-25,29-32,38,40,56,62-63,68-69H,3-5,10-17,47,49H2,1-2H3,(H,50,59)(H,51,66)(H,55,64)(H,57,65)(H,60,61)(H,73,74)(H,75,76)(H2,48,52,53)(H2,70,71,72). The Labute approximate surface area is 483 Å². The highest BCUT2D eigenvalue weighted by atomic mass is 32.2. The van der Waals surface area contributed by atoms with Crippen LogP contribution in [0.1, 0.15) is 80.4 Å². The maximum Gasteiger partial charge on any atom is 0.481 e. The molecule has 85 heavy (non-hydrogen) atoms. The molecule has 1 aromatic carbocycles. The summed E-state index contributed by atoms with van der Waals surface area (Å²) in [6.45, 7) is -0.476. The van der Waals surface area contributed by atoms with Crippen molar-refractivity contribution in [3.05, 3.63) is 48.0 Å². The number of nitrogen functional groups attached to an aromatic ring is 1. The Bertz CT molecular complexity index is 3020. The van der Waals surface area contributed by atoms with Crippen molar-refractivity contribution in [1.29, 1.82) is 0 Å². The van der Waals surface area contributed by atoms with Crippen molar-refractivity contribution in [2.45, 2.75) is 119 Å². The van der Waals surface area contributed by atoms with Gasteiger partial charge in [0.15, 0.2) is 17.7 Å². The quantitative estimate of drug-likeness (QED) is 0.0183. The number of ether oxygens (including phenoxy) is 1. The molecular weight excluding hydrogens is 1230 g/mol. The largest absolute Gasteiger partial charge is 0.481 e. The average Bonchev–Trinajstić information content (AvgIpc) is 1.97. The first-order valence-corrected chi connectivity index (χ1v) is 30.6. The van der Waals surface area contributed by atoms with E-state index in [1.807, 2.05) is 0 Å². The van der Waals surface area contributed by atoms with Crippen LogP contribution in [0.25, 0.3) is 11.2 Å². The molecule has 0 saturated carbocycles. The van der Waals surface area contributed by atoms with E-state index < -0.39 is 182 Å². The summed E-state index contributed by atoms with van der Waals surface area (Å²) in [5.41, 5.74) is 15.1. The second kappa shape index (κ2) is 29.2. The van der Waals surface area contributed by atoms with Gasteiger partial charge in [0.1, 0.15) is 42.5 Å². The lowest BCUT2D eigenvalue weighted by Crippen LogP contribution is -2.67. The number of carbonyl (C=O) groups excluding carboxylic acids is 5. The van der Waals surface area contributed by atoms with Gasteiger partial charge in [-0.15, -0.1) is 0 Å². The fourth-order valence-electron chi connectivity index (χ4n) is 8.45. The number of benzene rings is 1. The maximum atomic E-state index is 13.9. The molecule has 476 valence electrons. The van der Waals surface area contributed by atoms with E-state index in [0.29, 0.717) is 11.8 Å². The molecule has 2 saturated heterocycles. The molecule has 12 unspecified atom stereocenters. The number of nitrogens with two attached hydrogens (primary N) is 3. The van der Waals surface area contributed by atoms with Crippen molar-refractivity contribution in [3.8, 4) is 0 Å². The Balaban J connectivity index is 1.05. The number of hydrogen-bond acceptors (Lipinski definition) is 26. The number of imidazole rings is 1. The van der Waals surface area contributed by atoms with E-state index in [4.69, 9.17) is 31.0 Å². The SMILES string of the molecule is CC(C)(COP(=O)(O)OP(=O)(O)OCC1OC(n2cnc3c(N)ncnc32)C(O)C1OP(=O)(O)O)C(O)C(=O)NCCC(=O)NCCSC(=O)C(CCC(=O)O)NC(=O)c1ccc(C(CCCC2C(=O)NC(N)NC2N)C(O)(O)C(F)(F)F)cc1. The number of anilines is 1. The molecule has 2 aromatic heterocycles. The minimum atomic E-state index is -5.68. The first kappa shape index (κ1) is 70.5. The third-order valence-corrected chi connectivity index (χ3v) is 17.0. The number of carboxylic acid groups (broad SMARTS) is 1. The Morgan fingerprint density at radius 1 is 0.941 bits per heavy atom. The molecule has 0 spiro atoms. The highest BCUT2D eigenvalue weighted by Crippen LogP contribution is 2.61. The van der Waals surface area contributed by atoms with Crippen molar-refractivity contribution in [2.24, 2.45) is 22.8 Å². The lowest BCUT2D eigenvalue weighted by Gasteiger charge is -2.35. The number of halogens is 3. The predicted octanol–water partition coefficient (Wildman–Crippen LogP) is -2.31.